The van der Waals surface area contributed by atoms with Crippen molar-refractivity contribution < 1.29 is 9.53 Å². The van der Waals surface area contributed by atoms with E-state index in [9.17, 15) is 9.59 Å². The Morgan fingerprint density at radius 2 is 1.96 bits per heavy atom. The lowest BCUT2D eigenvalue weighted by Crippen LogP contribution is -2.52. The molecule has 5 heteroatoms. The van der Waals surface area contributed by atoms with Gasteiger partial charge >= 0.3 is 0 Å². The zero-order chi connectivity index (χ0) is 17.2. The van der Waals surface area contributed by atoms with Crippen molar-refractivity contribution >= 4 is 5.91 Å². The summed E-state index contributed by atoms with van der Waals surface area (Å²) in [6, 6.07) is 13.3. The predicted molar refractivity (Wildman–Crippen MR) is 94.7 cm³/mol. The Bertz CT molecular complexity index is 815. The Labute approximate surface area is 146 Å². The highest BCUT2D eigenvalue weighted by atomic mass is 16.5. The normalized spacial score (nSPS) is 22.6. The van der Waals surface area contributed by atoms with Gasteiger partial charge in [-0.15, -0.1) is 0 Å². The number of aromatic nitrogens is 1. The maximum Gasteiger partial charge on any atom is 0.263 e. The topological polar surface area (TPSA) is 51.5 Å². The van der Waals surface area contributed by atoms with Crippen molar-refractivity contribution in [2.24, 2.45) is 0 Å². The molecule has 2 aromatic rings. The molecule has 1 saturated heterocycles. The lowest BCUT2D eigenvalue weighted by molar-refractivity contribution is -0.0446. The third kappa shape index (κ3) is 3.12. The Hall–Kier alpha value is -2.40. The summed E-state index contributed by atoms with van der Waals surface area (Å²) in [5, 5.41) is 0. The van der Waals surface area contributed by atoms with Crippen LogP contribution in [0.5, 0.6) is 0 Å². The average molecular weight is 338 g/mol. The second-order valence-electron chi connectivity index (χ2n) is 6.75. The van der Waals surface area contributed by atoms with Crippen LogP contribution in [0.1, 0.15) is 35.2 Å². The third-order valence-electron chi connectivity index (χ3n) is 5.19. The zero-order valence-electron chi connectivity index (χ0n) is 14.1. The molecule has 0 spiro atoms. The van der Waals surface area contributed by atoms with Crippen molar-refractivity contribution in [1.82, 2.24) is 9.47 Å². The summed E-state index contributed by atoms with van der Waals surface area (Å²) in [5.74, 6) is -0.160. The number of benzene rings is 1. The summed E-state index contributed by atoms with van der Waals surface area (Å²) in [4.78, 5) is 27.7. The number of carbonyl (C=O) groups excluding carboxylic acids is 1. The van der Waals surface area contributed by atoms with Crippen LogP contribution < -0.4 is 5.56 Å². The molecule has 0 radical (unpaired) electrons. The molecule has 1 amide bonds. The number of hydrogen-bond acceptors (Lipinski definition) is 3. The molecular formula is C20H22N2O3. The smallest absolute Gasteiger partial charge is 0.263 e. The van der Waals surface area contributed by atoms with Gasteiger partial charge in [-0.3, -0.25) is 9.59 Å². The minimum absolute atomic E-state index is 0.114. The van der Waals surface area contributed by atoms with E-state index in [1.807, 2.05) is 35.2 Å². The fraction of sp³-hybridized carbons (Fsp3) is 0.400. The molecule has 2 fully saturated rings. The fourth-order valence-corrected chi connectivity index (χ4v) is 3.94. The number of rotatable bonds is 3. The standard InChI is InChI=1S/C20H22N2O3/c23-19-16(8-5-11-21(19)14-15-6-2-1-3-7-15)20(24)22-12-13-25-18-10-4-9-17(18)22/h1-3,5-8,11,17-18H,4,9-10,12-14H2/t17-,18-/m0/s1. The lowest BCUT2D eigenvalue weighted by Gasteiger charge is -2.37. The van der Waals surface area contributed by atoms with Gasteiger partial charge in [0.15, 0.2) is 0 Å². The molecule has 2 atom stereocenters. The van der Waals surface area contributed by atoms with Gasteiger partial charge in [-0.2, -0.15) is 0 Å². The van der Waals surface area contributed by atoms with E-state index in [4.69, 9.17) is 4.74 Å². The van der Waals surface area contributed by atoms with Crippen LogP contribution in [0.15, 0.2) is 53.5 Å². The van der Waals surface area contributed by atoms with Crippen LogP contribution in [-0.4, -0.2) is 40.7 Å². The second-order valence-corrected chi connectivity index (χ2v) is 6.75. The largest absolute Gasteiger partial charge is 0.374 e. The van der Waals surface area contributed by atoms with Gasteiger partial charge in [-0.1, -0.05) is 30.3 Å². The molecule has 2 heterocycles. The first-order valence-corrected chi connectivity index (χ1v) is 8.90. The predicted octanol–water partition coefficient (Wildman–Crippen LogP) is 2.29. The van der Waals surface area contributed by atoms with Gasteiger partial charge in [-0.05, 0) is 37.0 Å². The number of hydrogen-bond donors (Lipinski definition) is 0. The molecule has 0 bridgehead atoms. The maximum atomic E-state index is 13.0. The van der Waals surface area contributed by atoms with Crippen molar-refractivity contribution in [2.75, 3.05) is 13.2 Å². The highest BCUT2D eigenvalue weighted by molar-refractivity contribution is 5.94. The number of pyridine rings is 1. The van der Waals surface area contributed by atoms with Crippen molar-refractivity contribution in [3.8, 4) is 0 Å². The Balaban J connectivity index is 1.61. The quantitative estimate of drug-likeness (QED) is 0.863. The SMILES string of the molecule is O=C(c1cccn(Cc2ccccc2)c1=O)N1CCO[C@H]2CCC[C@@H]21. The molecule has 0 N–H and O–H groups in total. The first-order valence-electron chi connectivity index (χ1n) is 8.90. The summed E-state index contributed by atoms with van der Waals surface area (Å²) in [5.41, 5.74) is 1.07. The molecule has 25 heavy (non-hydrogen) atoms. The zero-order valence-corrected chi connectivity index (χ0v) is 14.1. The fourth-order valence-electron chi connectivity index (χ4n) is 3.94. The van der Waals surface area contributed by atoms with Gasteiger partial charge in [-0.25, -0.2) is 0 Å². The van der Waals surface area contributed by atoms with Crippen LogP contribution in [0.2, 0.25) is 0 Å². The monoisotopic (exact) mass is 338 g/mol. The van der Waals surface area contributed by atoms with Gasteiger partial charge in [0, 0.05) is 12.7 Å². The van der Waals surface area contributed by atoms with E-state index in [0.29, 0.717) is 19.7 Å². The minimum Gasteiger partial charge on any atom is -0.374 e. The number of morpholine rings is 1. The van der Waals surface area contributed by atoms with Crippen molar-refractivity contribution in [3.63, 3.8) is 0 Å². The van der Waals surface area contributed by atoms with Crippen LogP contribution in [-0.2, 0) is 11.3 Å². The Morgan fingerprint density at radius 3 is 2.80 bits per heavy atom. The van der Waals surface area contributed by atoms with E-state index in [-0.39, 0.29) is 29.2 Å². The molecule has 2 aliphatic rings. The van der Waals surface area contributed by atoms with E-state index in [1.54, 1.807) is 22.9 Å². The molecule has 1 aliphatic carbocycles. The second kappa shape index (κ2) is 6.84. The third-order valence-corrected chi connectivity index (χ3v) is 5.19. The van der Waals surface area contributed by atoms with Crippen molar-refractivity contribution in [1.29, 1.82) is 0 Å². The molecule has 0 unspecified atom stereocenters. The molecule has 5 nitrogen and oxygen atoms in total. The molecular weight excluding hydrogens is 316 g/mol. The summed E-state index contributed by atoms with van der Waals surface area (Å²) in [6.45, 7) is 1.58. The number of amides is 1. The first-order chi connectivity index (χ1) is 12.2. The van der Waals surface area contributed by atoms with E-state index >= 15 is 0 Å². The van der Waals surface area contributed by atoms with E-state index in [1.165, 1.54) is 0 Å². The highest BCUT2D eigenvalue weighted by Gasteiger charge is 2.39. The van der Waals surface area contributed by atoms with Gasteiger partial charge in [0.05, 0.1) is 25.3 Å². The summed E-state index contributed by atoms with van der Waals surface area (Å²) in [7, 11) is 0. The van der Waals surface area contributed by atoms with E-state index in [2.05, 4.69) is 0 Å². The molecule has 1 aromatic carbocycles. The molecule has 130 valence electrons. The van der Waals surface area contributed by atoms with Crippen molar-refractivity contribution in [2.45, 2.75) is 38.0 Å². The number of fused-ring (bicyclic) bond motifs is 1. The Morgan fingerprint density at radius 1 is 1.12 bits per heavy atom. The van der Waals surface area contributed by atoms with E-state index in [0.717, 1.165) is 24.8 Å². The maximum absolute atomic E-state index is 13.0. The Kier molecular flexibility index (Phi) is 4.40. The van der Waals surface area contributed by atoms with Gasteiger partial charge in [0.1, 0.15) is 5.56 Å². The van der Waals surface area contributed by atoms with Gasteiger partial charge < -0.3 is 14.2 Å². The summed E-state index contributed by atoms with van der Waals surface area (Å²) in [6.07, 6.45) is 4.91. The minimum atomic E-state index is -0.225. The molecule has 1 aliphatic heterocycles. The highest BCUT2D eigenvalue weighted by Crippen LogP contribution is 2.30. The van der Waals surface area contributed by atoms with Crippen LogP contribution in [0.4, 0.5) is 0 Å². The molecule has 1 saturated carbocycles. The van der Waals surface area contributed by atoms with E-state index < -0.39 is 0 Å². The lowest BCUT2D eigenvalue weighted by atomic mass is 10.1. The summed E-state index contributed by atoms with van der Waals surface area (Å²) >= 11 is 0. The van der Waals surface area contributed by atoms with Crippen LogP contribution in [0.3, 0.4) is 0 Å². The average Bonchev–Trinajstić information content (AvgIpc) is 3.12. The molecule has 4 rings (SSSR count). The first kappa shape index (κ1) is 16.1. The molecule has 1 aromatic heterocycles. The van der Waals surface area contributed by atoms with Crippen LogP contribution in [0, 0.1) is 0 Å². The number of carbonyl (C=O) groups is 1. The van der Waals surface area contributed by atoms with Gasteiger partial charge in [0.2, 0.25) is 0 Å². The van der Waals surface area contributed by atoms with Gasteiger partial charge in [0.25, 0.3) is 11.5 Å². The number of nitrogens with zero attached hydrogens (tertiary/aromatic N) is 2. The number of ether oxygens (including phenoxy) is 1. The van der Waals surface area contributed by atoms with Crippen molar-refractivity contribution in [3.05, 3.63) is 70.1 Å². The van der Waals surface area contributed by atoms with Crippen LogP contribution in [0.25, 0.3) is 0 Å². The van der Waals surface area contributed by atoms with Crippen LogP contribution >= 0.6 is 0 Å². The summed E-state index contributed by atoms with van der Waals surface area (Å²) < 4.78 is 7.38.